The molecule has 1 unspecified atom stereocenters. The van der Waals surface area contributed by atoms with Crippen molar-refractivity contribution in [1.82, 2.24) is 0 Å². The summed E-state index contributed by atoms with van der Waals surface area (Å²) in [7, 11) is -1.56. The van der Waals surface area contributed by atoms with E-state index in [9.17, 15) is 0 Å². The Morgan fingerprint density at radius 1 is 1.12 bits per heavy atom. The van der Waals surface area contributed by atoms with Crippen LogP contribution in [0, 0.1) is 5.92 Å². The number of hydrogen-bond donors (Lipinski definition) is 0. The molecular weight excluding hydrogens is 224 g/mol. The van der Waals surface area contributed by atoms with Crippen LogP contribution in [-0.2, 0) is 4.43 Å². The zero-order valence-corrected chi connectivity index (χ0v) is 13.8. The van der Waals surface area contributed by atoms with Crippen LogP contribution in [0.4, 0.5) is 0 Å². The van der Waals surface area contributed by atoms with E-state index in [1.54, 1.807) is 0 Å². The van der Waals surface area contributed by atoms with Crippen molar-refractivity contribution in [2.24, 2.45) is 5.92 Å². The van der Waals surface area contributed by atoms with Gasteiger partial charge >= 0.3 is 0 Å². The number of hydrogen-bond acceptors (Lipinski definition) is 1. The first kappa shape index (κ1) is 15.2. The van der Waals surface area contributed by atoms with E-state index < -0.39 is 8.32 Å². The minimum atomic E-state index is -1.56. The molecule has 1 nitrogen and oxygen atoms in total. The fourth-order valence-electron chi connectivity index (χ4n) is 2.80. The van der Waals surface area contributed by atoms with Crippen molar-refractivity contribution in [1.29, 1.82) is 0 Å². The topological polar surface area (TPSA) is 9.23 Å². The molecule has 0 amide bonds. The second-order valence-corrected chi connectivity index (χ2v) is 11.9. The van der Waals surface area contributed by atoms with Crippen LogP contribution in [0.2, 0.25) is 17.6 Å². The average molecular weight is 257 g/mol. The monoisotopic (exact) mass is 256 g/mol. The van der Waals surface area contributed by atoms with E-state index in [0.717, 1.165) is 5.92 Å². The molecule has 0 N–H and O–H groups in total. The lowest BCUT2D eigenvalue weighted by molar-refractivity contribution is 0.118. The van der Waals surface area contributed by atoms with Gasteiger partial charge in [0.25, 0.3) is 0 Å². The van der Waals surface area contributed by atoms with Gasteiger partial charge in [-0.15, -0.1) is 0 Å². The second-order valence-electron chi connectivity index (χ2n) is 7.23. The highest BCUT2D eigenvalue weighted by Crippen LogP contribution is 2.42. The Kier molecular flexibility index (Phi) is 5.27. The molecule has 0 spiro atoms. The molecule has 0 saturated heterocycles. The van der Waals surface area contributed by atoms with Gasteiger partial charge < -0.3 is 4.43 Å². The first-order chi connectivity index (χ1) is 7.78. The highest BCUT2D eigenvalue weighted by atomic mass is 28.4. The van der Waals surface area contributed by atoms with E-state index in [2.05, 4.69) is 41.2 Å². The summed E-state index contributed by atoms with van der Waals surface area (Å²) in [5.74, 6) is 0.920. The molecule has 102 valence electrons. The molecule has 0 aliphatic heterocycles. The molecule has 0 radical (unpaired) electrons. The van der Waals surface area contributed by atoms with Crippen LogP contribution in [0.3, 0.4) is 0 Å². The van der Waals surface area contributed by atoms with Gasteiger partial charge in [-0.25, -0.2) is 0 Å². The molecular formula is C15H32OSi. The lowest BCUT2D eigenvalue weighted by Crippen LogP contribution is -2.47. The SMILES string of the molecule is CCC[Si](C)(OC1CCC(C)CC1)C(C)(C)C. The molecule has 0 heterocycles. The fourth-order valence-corrected chi connectivity index (χ4v) is 5.95. The molecule has 17 heavy (non-hydrogen) atoms. The lowest BCUT2D eigenvalue weighted by Gasteiger charge is -2.43. The Morgan fingerprint density at radius 3 is 2.06 bits per heavy atom. The van der Waals surface area contributed by atoms with Gasteiger partial charge in [-0.1, -0.05) is 41.0 Å². The maximum Gasteiger partial charge on any atom is 0.195 e. The van der Waals surface area contributed by atoms with Crippen molar-refractivity contribution in [2.45, 2.75) is 90.5 Å². The van der Waals surface area contributed by atoms with E-state index >= 15 is 0 Å². The van der Waals surface area contributed by atoms with Gasteiger partial charge in [-0.05, 0) is 49.2 Å². The molecule has 2 heteroatoms. The fraction of sp³-hybridized carbons (Fsp3) is 1.00. The third kappa shape index (κ3) is 4.10. The van der Waals surface area contributed by atoms with Crippen molar-refractivity contribution in [3.05, 3.63) is 0 Å². The Bertz CT molecular complexity index is 226. The van der Waals surface area contributed by atoms with Crippen LogP contribution < -0.4 is 0 Å². The van der Waals surface area contributed by atoms with Crippen LogP contribution in [-0.4, -0.2) is 14.4 Å². The third-order valence-electron chi connectivity index (χ3n) is 4.70. The summed E-state index contributed by atoms with van der Waals surface area (Å²) in [4.78, 5) is 0. The third-order valence-corrected chi connectivity index (χ3v) is 10.2. The minimum Gasteiger partial charge on any atom is -0.414 e. The lowest BCUT2D eigenvalue weighted by atomic mass is 9.89. The maximum absolute atomic E-state index is 6.67. The highest BCUT2D eigenvalue weighted by Gasteiger charge is 2.43. The summed E-state index contributed by atoms with van der Waals surface area (Å²) >= 11 is 0. The summed E-state index contributed by atoms with van der Waals surface area (Å²) in [6, 6.07) is 1.31. The van der Waals surface area contributed by atoms with Gasteiger partial charge in [0.2, 0.25) is 0 Å². The smallest absolute Gasteiger partial charge is 0.195 e. The zero-order chi connectivity index (χ0) is 13.1. The Hall–Kier alpha value is 0.177. The molecule has 1 aliphatic carbocycles. The average Bonchev–Trinajstić information content (AvgIpc) is 2.20. The summed E-state index contributed by atoms with van der Waals surface area (Å²) < 4.78 is 6.67. The first-order valence-corrected chi connectivity index (χ1v) is 10.1. The van der Waals surface area contributed by atoms with E-state index in [1.165, 1.54) is 38.1 Å². The van der Waals surface area contributed by atoms with E-state index in [1.807, 2.05) is 0 Å². The molecule has 0 aromatic rings. The van der Waals surface area contributed by atoms with E-state index in [4.69, 9.17) is 4.43 Å². The zero-order valence-electron chi connectivity index (χ0n) is 12.8. The predicted octanol–water partition coefficient (Wildman–Crippen LogP) is 5.37. The quantitative estimate of drug-likeness (QED) is 0.615. The van der Waals surface area contributed by atoms with Crippen LogP contribution in [0.1, 0.15) is 66.7 Å². The van der Waals surface area contributed by atoms with E-state index in [0.29, 0.717) is 11.1 Å². The Balaban J connectivity index is 2.61. The van der Waals surface area contributed by atoms with Gasteiger partial charge in [-0.2, -0.15) is 0 Å². The molecule has 1 rings (SSSR count). The minimum absolute atomic E-state index is 0.367. The normalized spacial score (nSPS) is 30.0. The molecule has 1 fully saturated rings. The van der Waals surface area contributed by atoms with Crippen molar-refractivity contribution in [2.75, 3.05) is 0 Å². The van der Waals surface area contributed by atoms with Crippen molar-refractivity contribution in [3.8, 4) is 0 Å². The number of rotatable bonds is 4. The van der Waals surface area contributed by atoms with Crippen LogP contribution in [0.25, 0.3) is 0 Å². The van der Waals surface area contributed by atoms with Gasteiger partial charge in [0.05, 0.1) is 0 Å². The van der Waals surface area contributed by atoms with Crippen LogP contribution >= 0.6 is 0 Å². The van der Waals surface area contributed by atoms with Crippen molar-refractivity contribution >= 4 is 8.32 Å². The summed E-state index contributed by atoms with van der Waals surface area (Å²) in [6.45, 7) is 14.3. The van der Waals surface area contributed by atoms with Gasteiger partial charge in [0, 0.05) is 6.10 Å². The van der Waals surface area contributed by atoms with Crippen LogP contribution in [0.15, 0.2) is 0 Å². The Morgan fingerprint density at radius 2 is 1.65 bits per heavy atom. The maximum atomic E-state index is 6.67. The Labute approximate surface area is 109 Å². The van der Waals surface area contributed by atoms with Gasteiger partial charge in [0.15, 0.2) is 8.32 Å². The summed E-state index contributed by atoms with van der Waals surface area (Å²) in [6.07, 6.45) is 7.15. The molecule has 0 bridgehead atoms. The first-order valence-electron chi connectivity index (χ1n) is 7.46. The van der Waals surface area contributed by atoms with Gasteiger partial charge in [0.1, 0.15) is 0 Å². The molecule has 0 aromatic heterocycles. The summed E-state index contributed by atoms with van der Waals surface area (Å²) in [5, 5.41) is 0.367. The molecule has 0 aromatic carbocycles. The van der Waals surface area contributed by atoms with Crippen LogP contribution in [0.5, 0.6) is 0 Å². The largest absolute Gasteiger partial charge is 0.414 e. The highest BCUT2D eigenvalue weighted by molar-refractivity contribution is 6.75. The standard InChI is InChI=1S/C15H32OSi/c1-7-12-17(6,15(3,4)5)16-14-10-8-13(2)9-11-14/h13-14H,7-12H2,1-6H3. The van der Waals surface area contributed by atoms with Gasteiger partial charge in [-0.3, -0.25) is 0 Å². The second kappa shape index (κ2) is 5.88. The van der Waals surface area contributed by atoms with Crippen molar-refractivity contribution in [3.63, 3.8) is 0 Å². The molecule has 1 aliphatic rings. The predicted molar refractivity (Wildman–Crippen MR) is 78.9 cm³/mol. The van der Waals surface area contributed by atoms with Crippen molar-refractivity contribution < 1.29 is 4.43 Å². The van der Waals surface area contributed by atoms with E-state index in [-0.39, 0.29) is 0 Å². The molecule has 1 atom stereocenters. The molecule has 1 saturated carbocycles. The summed E-state index contributed by atoms with van der Waals surface area (Å²) in [5.41, 5.74) is 0.